The van der Waals surface area contributed by atoms with E-state index in [1.54, 1.807) is 0 Å². The lowest BCUT2D eigenvalue weighted by Gasteiger charge is -2.31. The van der Waals surface area contributed by atoms with Crippen LogP contribution in [0, 0.1) is 17.6 Å². The Kier molecular flexibility index (Phi) is 3.82. The van der Waals surface area contributed by atoms with E-state index < -0.39 is 29.4 Å². The second-order valence-corrected chi connectivity index (χ2v) is 6.46. The van der Waals surface area contributed by atoms with Crippen molar-refractivity contribution in [2.24, 2.45) is 5.92 Å². The van der Waals surface area contributed by atoms with Crippen molar-refractivity contribution in [3.05, 3.63) is 35.4 Å². The van der Waals surface area contributed by atoms with Crippen LogP contribution in [-0.4, -0.2) is 42.7 Å². The monoisotopic (exact) mass is 284 g/mol. The molecule has 20 heavy (non-hydrogen) atoms. The minimum Gasteiger partial charge on any atom is -0.481 e. The molecule has 0 saturated heterocycles. The molecule has 0 radical (unpaired) electrons. The van der Waals surface area contributed by atoms with Crippen LogP contribution in [0.5, 0.6) is 0 Å². The summed E-state index contributed by atoms with van der Waals surface area (Å²) in [6.07, 6.45) is 1.11. The van der Waals surface area contributed by atoms with Gasteiger partial charge < -0.3 is 9.59 Å². The van der Waals surface area contributed by atoms with Crippen molar-refractivity contribution in [3.63, 3.8) is 0 Å². The van der Waals surface area contributed by atoms with Crippen LogP contribution in [0.4, 0.5) is 8.78 Å². The van der Waals surface area contributed by atoms with Crippen molar-refractivity contribution >= 4 is 5.97 Å². The molecule has 0 aliphatic heterocycles. The normalized spacial score (nSPS) is 26.8. The molecule has 3 atom stereocenters. The number of carboxylic acids is 1. The molecule has 1 N–H and O–H groups in total. The lowest BCUT2D eigenvalue weighted by Crippen LogP contribution is -2.43. The first-order chi connectivity index (χ1) is 9.20. The maximum absolute atomic E-state index is 13.9. The Balaban J connectivity index is 2.35. The van der Waals surface area contributed by atoms with Crippen LogP contribution in [0.25, 0.3) is 0 Å². The zero-order chi connectivity index (χ0) is 15.1. The Morgan fingerprint density at radius 1 is 1.25 bits per heavy atom. The Morgan fingerprint density at radius 2 is 1.90 bits per heavy atom. The van der Waals surface area contributed by atoms with Gasteiger partial charge in [0, 0.05) is 24.8 Å². The highest BCUT2D eigenvalue weighted by Gasteiger charge is 2.45. The van der Waals surface area contributed by atoms with E-state index >= 15 is 0 Å². The lowest BCUT2D eigenvalue weighted by atomic mass is 9.88. The first-order valence-electron chi connectivity index (χ1n) is 6.69. The predicted molar refractivity (Wildman–Crippen MR) is 71.3 cm³/mol. The van der Waals surface area contributed by atoms with Crippen LogP contribution < -0.4 is 0 Å². The summed E-state index contributed by atoms with van der Waals surface area (Å²) < 4.78 is 27.6. The first-order valence-corrected chi connectivity index (χ1v) is 6.69. The Hall–Kier alpha value is -1.49. The van der Waals surface area contributed by atoms with Crippen molar-refractivity contribution in [2.45, 2.75) is 24.8 Å². The van der Waals surface area contributed by atoms with E-state index in [2.05, 4.69) is 0 Å². The highest BCUT2D eigenvalue weighted by atomic mass is 19.1. The maximum atomic E-state index is 13.9. The molecule has 0 bridgehead atoms. The quantitative estimate of drug-likeness (QED) is 0.866. The third-order valence-corrected chi connectivity index (χ3v) is 4.31. The van der Waals surface area contributed by atoms with Crippen molar-refractivity contribution in [1.29, 1.82) is 0 Å². The van der Waals surface area contributed by atoms with Crippen LogP contribution in [0.3, 0.4) is 0 Å². The van der Waals surface area contributed by atoms with Crippen LogP contribution in [0.2, 0.25) is 0 Å². The molecule has 1 saturated carbocycles. The molecular formula is C15H20F2NO2+. The molecule has 1 fully saturated rings. The van der Waals surface area contributed by atoms with E-state index in [0.717, 1.165) is 6.07 Å². The van der Waals surface area contributed by atoms with Crippen molar-refractivity contribution < 1.29 is 23.2 Å². The van der Waals surface area contributed by atoms with Gasteiger partial charge in [-0.3, -0.25) is 4.79 Å². The molecule has 0 aromatic heterocycles. The van der Waals surface area contributed by atoms with Crippen LogP contribution in [0.15, 0.2) is 18.2 Å². The molecule has 1 aromatic carbocycles. The maximum Gasteiger partial charge on any atom is 0.307 e. The molecule has 1 aliphatic carbocycles. The average Bonchev–Trinajstić information content (AvgIpc) is 2.73. The fourth-order valence-corrected chi connectivity index (χ4v) is 3.06. The van der Waals surface area contributed by atoms with E-state index in [-0.39, 0.29) is 6.04 Å². The summed E-state index contributed by atoms with van der Waals surface area (Å²) in [7, 11) is 6.02. The summed E-state index contributed by atoms with van der Waals surface area (Å²) in [5, 5.41) is 9.37. The SMILES string of the molecule is C[N+](C)(C)C1C[C@@H](C(=O)O)[C@H](c2ccc(F)cc2F)C1. The highest BCUT2D eigenvalue weighted by molar-refractivity contribution is 5.72. The minimum absolute atomic E-state index is 0.158. The number of quaternary nitrogens is 1. The number of carboxylic acid groups (broad SMARTS) is 1. The molecule has 0 heterocycles. The van der Waals surface area contributed by atoms with Gasteiger partial charge in [-0.05, 0) is 11.6 Å². The van der Waals surface area contributed by atoms with Crippen LogP contribution in [0.1, 0.15) is 24.3 Å². The minimum atomic E-state index is -0.908. The fraction of sp³-hybridized carbons (Fsp3) is 0.533. The van der Waals surface area contributed by atoms with E-state index in [1.807, 2.05) is 21.1 Å². The number of hydrogen-bond acceptors (Lipinski definition) is 1. The molecule has 3 nitrogen and oxygen atoms in total. The van der Waals surface area contributed by atoms with E-state index in [9.17, 15) is 18.7 Å². The number of rotatable bonds is 3. The molecule has 5 heteroatoms. The third kappa shape index (κ3) is 2.82. The first kappa shape index (κ1) is 14.9. The highest BCUT2D eigenvalue weighted by Crippen LogP contribution is 2.43. The summed E-state index contributed by atoms with van der Waals surface area (Å²) in [6.45, 7) is 0. The smallest absolute Gasteiger partial charge is 0.307 e. The molecule has 1 aliphatic rings. The topological polar surface area (TPSA) is 37.3 Å². The summed E-state index contributed by atoms with van der Waals surface area (Å²) in [5.41, 5.74) is 0.315. The zero-order valence-electron chi connectivity index (χ0n) is 11.9. The Bertz CT molecular complexity index is 525. The Morgan fingerprint density at radius 3 is 2.40 bits per heavy atom. The van der Waals surface area contributed by atoms with E-state index in [1.165, 1.54) is 12.1 Å². The largest absolute Gasteiger partial charge is 0.481 e. The predicted octanol–water partition coefficient (Wildman–Crippen LogP) is 2.62. The van der Waals surface area contributed by atoms with Gasteiger partial charge in [0.1, 0.15) is 11.6 Å². The summed E-state index contributed by atoms with van der Waals surface area (Å²) in [5.74, 6) is -3.20. The number of nitrogens with zero attached hydrogens (tertiary/aromatic N) is 1. The van der Waals surface area contributed by atoms with Gasteiger partial charge in [-0.1, -0.05) is 6.07 Å². The van der Waals surface area contributed by atoms with Crippen molar-refractivity contribution in [1.82, 2.24) is 0 Å². The van der Waals surface area contributed by atoms with Gasteiger partial charge in [-0.25, -0.2) is 8.78 Å². The van der Waals surface area contributed by atoms with Gasteiger partial charge in [0.15, 0.2) is 0 Å². The fourth-order valence-electron chi connectivity index (χ4n) is 3.06. The van der Waals surface area contributed by atoms with Gasteiger partial charge in [0.2, 0.25) is 0 Å². The van der Waals surface area contributed by atoms with Crippen molar-refractivity contribution in [2.75, 3.05) is 21.1 Å². The molecule has 1 unspecified atom stereocenters. The molecule has 2 rings (SSSR count). The number of halogens is 2. The van der Waals surface area contributed by atoms with E-state index in [4.69, 9.17) is 0 Å². The molecular weight excluding hydrogens is 264 g/mol. The van der Waals surface area contributed by atoms with E-state index in [0.29, 0.717) is 22.9 Å². The standard InChI is InChI=1S/C15H19F2NO2/c1-18(2,3)10-7-12(13(8-10)15(19)20)11-5-4-9(16)6-14(11)17/h4-6,10,12-13H,7-8H2,1-3H3/p+1/t10?,12-,13+/m0/s1. The van der Waals surface area contributed by atoms with Crippen molar-refractivity contribution in [3.8, 4) is 0 Å². The molecule has 110 valence electrons. The van der Waals surface area contributed by atoms with Crippen LogP contribution in [-0.2, 0) is 4.79 Å². The molecule has 0 spiro atoms. The summed E-state index contributed by atoms with van der Waals surface area (Å²) in [6, 6.07) is 3.55. The van der Waals surface area contributed by atoms with Gasteiger partial charge in [-0.2, -0.15) is 0 Å². The van der Waals surface area contributed by atoms with Gasteiger partial charge in [0.05, 0.1) is 33.1 Å². The number of hydrogen-bond donors (Lipinski definition) is 1. The third-order valence-electron chi connectivity index (χ3n) is 4.31. The second-order valence-electron chi connectivity index (χ2n) is 6.46. The van der Waals surface area contributed by atoms with Gasteiger partial charge in [-0.15, -0.1) is 0 Å². The lowest BCUT2D eigenvalue weighted by molar-refractivity contribution is -0.895. The number of carbonyl (C=O) groups is 1. The molecule has 1 aromatic rings. The molecule has 0 amide bonds. The Labute approximate surface area is 117 Å². The number of aliphatic carboxylic acids is 1. The zero-order valence-corrected chi connectivity index (χ0v) is 11.9. The van der Waals surface area contributed by atoms with Gasteiger partial charge >= 0.3 is 5.97 Å². The summed E-state index contributed by atoms with van der Waals surface area (Å²) >= 11 is 0. The van der Waals surface area contributed by atoms with Crippen LogP contribution >= 0.6 is 0 Å². The average molecular weight is 284 g/mol. The summed E-state index contributed by atoms with van der Waals surface area (Å²) in [4.78, 5) is 11.4. The second kappa shape index (κ2) is 5.13. The van der Waals surface area contributed by atoms with Gasteiger partial charge in [0.25, 0.3) is 0 Å². The number of benzene rings is 1.